The fourth-order valence-corrected chi connectivity index (χ4v) is 1.70. The first-order chi connectivity index (χ1) is 7.58. The molecule has 1 heterocycles. The number of aliphatic hydroxyl groups is 1. The average molecular weight is 216 g/mol. The Kier molecular flexibility index (Phi) is 2.84. The molecule has 0 unspecified atom stereocenters. The second kappa shape index (κ2) is 4.14. The van der Waals surface area contributed by atoms with Crippen LogP contribution in [0.15, 0.2) is 34.7 Å². The average Bonchev–Trinajstić information content (AvgIpc) is 2.68. The Bertz CT molecular complexity index is 497. The lowest BCUT2D eigenvalue weighted by Crippen LogP contribution is -1.98. The first-order valence-electron chi connectivity index (χ1n) is 5.39. The highest BCUT2D eigenvalue weighted by molar-refractivity contribution is 5.33. The van der Waals surface area contributed by atoms with Crippen molar-refractivity contribution in [2.75, 3.05) is 0 Å². The van der Waals surface area contributed by atoms with E-state index in [0.717, 1.165) is 11.3 Å². The fourth-order valence-electron chi connectivity index (χ4n) is 1.70. The van der Waals surface area contributed by atoms with Gasteiger partial charge in [0.25, 0.3) is 0 Å². The fraction of sp³-hybridized carbons (Fsp3) is 0.286. The zero-order chi connectivity index (χ0) is 11.7. The van der Waals surface area contributed by atoms with Crippen molar-refractivity contribution in [1.29, 1.82) is 0 Å². The van der Waals surface area contributed by atoms with Crippen molar-refractivity contribution in [2.45, 2.75) is 26.9 Å². The molecule has 1 aromatic carbocycles. The third-order valence-corrected chi connectivity index (χ3v) is 2.88. The molecule has 2 nitrogen and oxygen atoms in total. The summed E-state index contributed by atoms with van der Waals surface area (Å²) in [5, 5.41) is 10.1. The van der Waals surface area contributed by atoms with E-state index in [1.807, 2.05) is 44.2 Å². The topological polar surface area (TPSA) is 33.4 Å². The lowest BCUT2D eigenvalue weighted by atomic mass is 10.0. The molecule has 0 spiro atoms. The van der Waals surface area contributed by atoms with Crippen LogP contribution in [0.2, 0.25) is 0 Å². The zero-order valence-corrected chi connectivity index (χ0v) is 9.82. The number of rotatable bonds is 2. The molecule has 1 aromatic heterocycles. The normalized spacial score (nSPS) is 12.8. The van der Waals surface area contributed by atoms with Crippen molar-refractivity contribution in [3.05, 3.63) is 58.5 Å². The molecule has 2 heteroatoms. The molecule has 0 saturated heterocycles. The number of furan rings is 1. The number of aryl methyl sites for hydroxylation is 3. The summed E-state index contributed by atoms with van der Waals surface area (Å²) in [6.45, 7) is 5.97. The first-order valence-corrected chi connectivity index (χ1v) is 5.39. The van der Waals surface area contributed by atoms with Gasteiger partial charge in [-0.05, 0) is 49.6 Å². The highest BCUT2D eigenvalue weighted by atomic mass is 16.4. The monoisotopic (exact) mass is 216 g/mol. The van der Waals surface area contributed by atoms with Gasteiger partial charge in [0.1, 0.15) is 17.6 Å². The molecule has 2 rings (SSSR count). The SMILES string of the molecule is Cc1ccc([C@@H](O)c2ccc(C)c(C)c2)o1. The summed E-state index contributed by atoms with van der Waals surface area (Å²) < 4.78 is 5.42. The van der Waals surface area contributed by atoms with Gasteiger partial charge in [0, 0.05) is 0 Å². The van der Waals surface area contributed by atoms with Crippen LogP contribution in [0.4, 0.5) is 0 Å². The van der Waals surface area contributed by atoms with Crippen molar-refractivity contribution in [2.24, 2.45) is 0 Å². The molecule has 2 aromatic rings. The van der Waals surface area contributed by atoms with Crippen LogP contribution in [0, 0.1) is 20.8 Å². The lowest BCUT2D eigenvalue weighted by Gasteiger charge is -2.10. The summed E-state index contributed by atoms with van der Waals surface area (Å²) >= 11 is 0. The largest absolute Gasteiger partial charge is 0.463 e. The molecule has 1 N–H and O–H groups in total. The van der Waals surface area contributed by atoms with Crippen molar-refractivity contribution in [3.8, 4) is 0 Å². The second-order valence-electron chi connectivity index (χ2n) is 4.19. The van der Waals surface area contributed by atoms with Gasteiger partial charge in [0.05, 0.1) is 0 Å². The van der Waals surface area contributed by atoms with Gasteiger partial charge in [-0.2, -0.15) is 0 Å². The Balaban J connectivity index is 2.33. The molecule has 16 heavy (non-hydrogen) atoms. The summed E-state index contributed by atoms with van der Waals surface area (Å²) in [5.74, 6) is 1.42. The van der Waals surface area contributed by atoms with E-state index in [-0.39, 0.29) is 0 Å². The third kappa shape index (κ3) is 2.02. The number of benzene rings is 1. The van der Waals surface area contributed by atoms with Crippen LogP contribution in [0.5, 0.6) is 0 Å². The maximum absolute atomic E-state index is 10.1. The predicted octanol–water partition coefficient (Wildman–Crippen LogP) is 3.29. The van der Waals surface area contributed by atoms with Crippen molar-refractivity contribution in [1.82, 2.24) is 0 Å². The summed E-state index contributed by atoms with van der Waals surface area (Å²) in [6.07, 6.45) is -0.673. The van der Waals surface area contributed by atoms with Gasteiger partial charge in [-0.25, -0.2) is 0 Å². The Morgan fingerprint density at radius 2 is 1.75 bits per heavy atom. The molecular formula is C14H16O2. The van der Waals surface area contributed by atoms with E-state index in [9.17, 15) is 5.11 Å². The van der Waals surface area contributed by atoms with Crippen LogP contribution in [-0.4, -0.2) is 5.11 Å². The van der Waals surface area contributed by atoms with Gasteiger partial charge >= 0.3 is 0 Å². The summed E-state index contributed by atoms with van der Waals surface area (Å²) in [4.78, 5) is 0. The third-order valence-electron chi connectivity index (χ3n) is 2.88. The van der Waals surface area contributed by atoms with Crippen molar-refractivity contribution in [3.63, 3.8) is 0 Å². The van der Waals surface area contributed by atoms with Gasteiger partial charge in [-0.3, -0.25) is 0 Å². The van der Waals surface area contributed by atoms with Crippen LogP contribution in [0.25, 0.3) is 0 Å². The van der Waals surface area contributed by atoms with Crippen molar-refractivity contribution < 1.29 is 9.52 Å². The summed E-state index contributed by atoms with van der Waals surface area (Å²) in [5.41, 5.74) is 3.28. The van der Waals surface area contributed by atoms with E-state index < -0.39 is 6.10 Å². The minimum Gasteiger partial charge on any atom is -0.463 e. The number of hydrogen-bond acceptors (Lipinski definition) is 2. The quantitative estimate of drug-likeness (QED) is 0.835. The molecule has 0 bridgehead atoms. The first kappa shape index (κ1) is 11.0. The summed E-state index contributed by atoms with van der Waals surface area (Å²) in [6, 6.07) is 9.63. The highest BCUT2D eigenvalue weighted by Gasteiger charge is 2.14. The van der Waals surface area contributed by atoms with Gasteiger partial charge < -0.3 is 9.52 Å². The molecule has 0 saturated carbocycles. The van der Waals surface area contributed by atoms with Gasteiger partial charge in [0.15, 0.2) is 0 Å². The molecule has 0 aliphatic heterocycles. The number of aliphatic hydroxyl groups excluding tert-OH is 1. The van der Waals surface area contributed by atoms with E-state index in [0.29, 0.717) is 5.76 Å². The standard InChI is InChI=1S/C14H16O2/c1-9-4-6-12(8-10(9)2)14(15)13-7-5-11(3)16-13/h4-8,14-15H,1-3H3/t14-/m0/s1. The molecule has 0 aliphatic carbocycles. The highest BCUT2D eigenvalue weighted by Crippen LogP contribution is 2.25. The lowest BCUT2D eigenvalue weighted by molar-refractivity contribution is 0.187. The van der Waals surface area contributed by atoms with Crippen LogP contribution in [0.1, 0.15) is 34.3 Å². The van der Waals surface area contributed by atoms with E-state index >= 15 is 0 Å². The number of hydrogen-bond donors (Lipinski definition) is 1. The molecular weight excluding hydrogens is 200 g/mol. The smallest absolute Gasteiger partial charge is 0.137 e. The predicted molar refractivity (Wildman–Crippen MR) is 63.4 cm³/mol. The summed E-state index contributed by atoms with van der Waals surface area (Å²) in [7, 11) is 0. The second-order valence-corrected chi connectivity index (χ2v) is 4.19. The molecule has 1 atom stereocenters. The Labute approximate surface area is 95.5 Å². The van der Waals surface area contributed by atoms with E-state index in [1.54, 1.807) is 0 Å². The Morgan fingerprint density at radius 3 is 2.31 bits per heavy atom. The van der Waals surface area contributed by atoms with E-state index in [2.05, 4.69) is 6.92 Å². The molecule has 0 fully saturated rings. The van der Waals surface area contributed by atoms with Crippen LogP contribution < -0.4 is 0 Å². The Hall–Kier alpha value is -1.54. The maximum Gasteiger partial charge on any atom is 0.137 e. The van der Waals surface area contributed by atoms with Gasteiger partial charge in [-0.15, -0.1) is 0 Å². The van der Waals surface area contributed by atoms with Crippen LogP contribution in [0.3, 0.4) is 0 Å². The Morgan fingerprint density at radius 1 is 1.00 bits per heavy atom. The molecule has 0 aliphatic rings. The van der Waals surface area contributed by atoms with Crippen molar-refractivity contribution >= 4 is 0 Å². The van der Waals surface area contributed by atoms with Gasteiger partial charge in [0.2, 0.25) is 0 Å². The van der Waals surface area contributed by atoms with E-state index in [4.69, 9.17) is 4.42 Å². The van der Waals surface area contributed by atoms with Crippen LogP contribution in [-0.2, 0) is 0 Å². The van der Waals surface area contributed by atoms with E-state index in [1.165, 1.54) is 11.1 Å². The van der Waals surface area contributed by atoms with Gasteiger partial charge in [-0.1, -0.05) is 18.2 Å². The minimum atomic E-state index is -0.673. The zero-order valence-electron chi connectivity index (χ0n) is 9.82. The molecule has 0 radical (unpaired) electrons. The molecule has 0 amide bonds. The molecule has 84 valence electrons. The van der Waals surface area contributed by atoms with Crippen LogP contribution >= 0.6 is 0 Å². The maximum atomic E-state index is 10.1. The minimum absolute atomic E-state index is 0.598.